The van der Waals surface area contributed by atoms with Gasteiger partial charge in [0, 0.05) is 12.1 Å². The van der Waals surface area contributed by atoms with Crippen LogP contribution in [0.4, 0.5) is 11.4 Å². The molecular weight excluding hydrogens is 282 g/mol. The van der Waals surface area contributed by atoms with Gasteiger partial charge in [-0.2, -0.15) is 0 Å². The number of carbonyl (C=O) groups excluding carboxylic acids is 1. The molecule has 1 aromatic heterocycles. The molecule has 1 aromatic carbocycles. The number of hydrogen-bond donors (Lipinski definition) is 2. The molecule has 7 nitrogen and oxygen atoms in total. The third-order valence-corrected chi connectivity index (χ3v) is 4.35. The number of aryl methyl sites for hydroxylation is 1. The molecule has 0 radical (unpaired) electrons. The van der Waals surface area contributed by atoms with Crippen LogP contribution in [0.2, 0.25) is 0 Å². The summed E-state index contributed by atoms with van der Waals surface area (Å²) < 4.78 is 31.3. The quantitative estimate of drug-likeness (QED) is 0.889. The van der Waals surface area contributed by atoms with E-state index >= 15 is 0 Å². The summed E-state index contributed by atoms with van der Waals surface area (Å²) in [5, 5.41) is 6.13. The smallest absolute Gasteiger partial charge is 0.262 e. The molecule has 0 fully saturated rings. The van der Waals surface area contributed by atoms with Crippen LogP contribution in [0.3, 0.4) is 0 Å². The SMILES string of the molecule is O=C1CCc2cc(S(=O)(=O)Nc3cnoc3)ccc2N1. The molecule has 0 atom stereocenters. The van der Waals surface area contributed by atoms with Crippen LogP contribution >= 0.6 is 0 Å². The highest BCUT2D eigenvalue weighted by atomic mass is 32.2. The molecule has 2 N–H and O–H groups in total. The van der Waals surface area contributed by atoms with E-state index in [2.05, 4.69) is 19.7 Å². The molecule has 0 saturated carbocycles. The Labute approximate surface area is 115 Å². The number of benzene rings is 1. The lowest BCUT2D eigenvalue weighted by Crippen LogP contribution is -2.20. The molecule has 1 amide bonds. The normalized spacial score (nSPS) is 14.5. The van der Waals surface area contributed by atoms with Crippen LogP contribution in [0.15, 0.2) is 40.1 Å². The van der Waals surface area contributed by atoms with Crippen LogP contribution in [-0.4, -0.2) is 19.5 Å². The highest BCUT2D eigenvalue weighted by molar-refractivity contribution is 7.92. The number of aromatic nitrogens is 1. The number of fused-ring (bicyclic) bond motifs is 1. The number of rotatable bonds is 3. The van der Waals surface area contributed by atoms with Crippen molar-refractivity contribution < 1.29 is 17.7 Å². The summed E-state index contributed by atoms with van der Waals surface area (Å²) in [4.78, 5) is 11.4. The van der Waals surface area contributed by atoms with Crippen molar-refractivity contribution in [1.82, 2.24) is 5.16 Å². The molecule has 0 unspecified atom stereocenters. The van der Waals surface area contributed by atoms with Gasteiger partial charge in [-0.05, 0) is 30.2 Å². The minimum atomic E-state index is -3.69. The monoisotopic (exact) mass is 293 g/mol. The first-order valence-corrected chi connectivity index (χ1v) is 7.38. The van der Waals surface area contributed by atoms with E-state index < -0.39 is 10.0 Å². The second-order valence-corrected chi connectivity index (χ2v) is 6.07. The Hall–Kier alpha value is -2.35. The first kappa shape index (κ1) is 12.7. The second kappa shape index (κ2) is 4.64. The highest BCUT2D eigenvalue weighted by Gasteiger charge is 2.20. The lowest BCUT2D eigenvalue weighted by atomic mass is 10.0. The van der Waals surface area contributed by atoms with Crippen molar-refractivity contribution in [3.8, 4) is 0 Å². The Morgan fingerprint density at radius 2 is 2.15 bits per heavy atom. The number of sulfonamides is 1. The molecular formula is C12H11N3O4S. The summed E-state index contributed by atoms with van der Waals surface area (Å²) in [6, 6.07) is 4.60. The van der Waals surface area contributed by atoms with Crippen molar-refractivity contribution in [1.29, 1.82) is 0 Å². The van der Waals surface area contributed by atoms with E-state index in [-0.39, 0.29) is 16.5 Å². The fraction of sp³-hybridized carbons (Fsp3) is 0.167. The molecule has 3 rings (SSSR count). The Morgan fingerprint density at radius 1 is 1.30 bits per heavy atom. The summed E-state index contributed by atoms with van der Waals surface area (Å²) >= 11 is 0. The van der Waals surface area contributed by atoms with Crippen LogP contribution in [0.5, 0.6) is 0 Å². The molecule has 2 heterocycles. The number of nitrogens with zero attached hydrogens (tertiary/aromatic N) is 1. The molecule has 104 valence electrons. The van der Waals surface area contributed by atoms with Gasteiger partial charge in [0.25, 0.3) is 10.0 Å². The number of nitrogens with one attached hydrogen (secondary N) is 2. The second-order valence-electron chi connectivity index (χ2n) is 4.39. The average Bonchev–Trinajstić information content (AvgIpc) is 2.90. The lowest BCUT2D eigenvalue weighted by Gasteiger charge is -2.17. The summed E-state index contributed by atoms with van der Waals surface area (Å²) in [7, 11) is -3.69. The Morgan fingerprint density at radius 3 is 2.90 bits per heavy atom. The van der Waals surface area contributed by atoms with Crippen LogP contribution in [0.1, 0.15) is 12.0 Å². The standard InChI is InChI=1S/C12H11N3O4S/c16-12-4-1-8-5-10(2-3-11(8)14-12)20(17,18)15-9-6-13-19-7-9/h2-3,5-7,15H,1,4H2,(H,14,16). The zero-order valence-electron chi connectivity index (χ0n) is 10.3. The number of carbonyl (C=O) groups is 1. The average molecular weight is 293 g/mol. The van der Waals surface area contributed by atoms with Crippen molar-refractivity contribution in [2.24, 2.45) is 0 Å². The van der Waals surface area contributed by atoms with E-state index in [1.165, 1.54) is 18.5 Å². The molecule has 0 spiro atoms. The molecule has 1 aliphatic heterocycles. The lowest BCUT2D eigenvalue weighted by molar-refractivity contribution is -0.116. The number of anilines is 2. The van der Waals surface area contributed by atoms with Gasteiger partial charge in [0.15, 0.2) is 0 Å². The van der Waals surface area contributed by atoms with Crippen molar-refractivity contribution in [3.05, 3.63) is 36.2 Å². The zero-order chi connectivity index (χ0) is 14.2. The molecule has 20 heavy (non-hydrogen) atoms. The van der Waals surface area contributed by atoms with E-state index in [4.69, 9.17) is 0 Å². The van der Waals surface area contributed by atoms with Crippen LogP contribution in [0, 0.1) is 0 Å². The van der Waals surface area contributed by atoms with E-state index in [1.54, 1.807) is 12.1 Å². The van der Waals surface area contributed by atoms with Gasteiger partial charge in [-0.25, -0.2) is 8.42 Å². The summed E-state index contributed by atoms with van der Waals surface area (Å²) in [5.74, 6) is -0.0595. The van der Waals surface area contributed by atoms with E-state index in [0.29, 0.717) is 18.5 Å². The van der Waals surface area contributed by atoms with Crippen LogP contribution < -0.4 is 10.0 Å². The summed E-state index contributed by atoms with van der Waals surface area (Å²) in [5.41, 5.74) is 1.72. The summed E-state index contributed by atoms with van der Waals surface area (Å²) in [6.45, 7) is 0. The Bertz CT molecular complexity index is 753. The minimum Gasteiger partial charge on any atom is -0.362 e. The van der Waals surface area contributed by atoms with Gasteiger partial charge < -0.3 is 9.84 Å². The predicted octanol–water partition coefficient (Wildman–Crippen LogP) is 1.36. The summed E-state index contributed by atoms with van der Waals surface area (Å²) in [6.07, 6.45) is 3.36. The molecule has 8 heteroatoms. The van der Waals surface area contributed by atoms with Gasteiger partial charge in [0.05, 0.1) is 11.1 Å². The maximum atomic E-state index is 12.2. The van der Waals surface area contributed by atoms with E-state index in [0.717, 1.165) is 5.56 Å². The molecule has 0 aliphatic carbocycles. The fourth-order valence-corrected chi connectivity index (χ4v) is 3.07. The van der Waals surface area contributed by atoms with Gasteiger partial charge in [-0.3, -0.25) is 9.52 Å². The van der Waals surface area contributed by atoms with Crippen molar-refractivity contribution >= 4 is 27.3 Å². The van der Waals surface area contributed by atoms with Crippen molar-refractivity contribution in [2.45, 2.75) is 17.7 Å². The van der Waals surface area contributed by atoms with Crippen molar-refractivity contribution in [2.75, 3.05) is 10.0 Å². The molecule has 2 aromatic rings. The Kier molecular flexibility index (Phi) is 2.94. The van der Waals surface area contributed by atoms with Gasteiger partial charge in [-0.1, -0.05) is 5.16 Å². The fourth-order valence-electron chi connectivity index (χ4n) is 2.00. The van der Waals surface area contributed by atoms with E-state index in [9.17, 15) is 13.2 Å². The number of amides is 1. The third-order valence-electron chi connectivity index (χ3n) is 2.97. The van der Waals surface area contributed by atoms with Gasteiger partial charge >= 0.3 is 0 Å². The maximum absolute atomic E-state index is 12.2. The first-order chi connectivity index (χ1) is 9.54. The Balaban J connectivity index is 1.92. The van der Waals surface area contributed by atoms with Crippen molar-refractivity contribution in [3.63, 3.8) is 0 Å². The van der Waals surface area contributed by atoms with Crippen LogP contribution in [0.25, 0.3) is 0 Å². The third kappa shape index (κ3) is 2.37. The maximum Gasteiger partial charge on any atom is 0.262 e. The molecule has 0 bridgehead atoms. The van der Waals surface area contributed by atoms with Gasteiger partial charge in [0.1, 0.15) is 12.0 Å². The number of hydrogen-bond acceptors (Lipinski definition) is 5. The zero-order valence-corrected chi connectivity index (χ0v) is 11.1. The highest BCUT2D eigenvalue weighted by Crippen LogP contribution is 2.26. The predicted molar refractivity (Wildman–Crippen MR) is 70.7 cm³/mol. The van der Waals surface area contributed by atoms with Gasteiger partial charge in [0.2, 0.25) is 5.91 Å². The van der Waals surface area contributed by atoms with Gasteiger partial charge in [-0.15, -0.1) is 0 Å². The molecule has 1 aliphatic rings. The minimum absolute atomic E-state index is 0.0595. The van der Waals surface area contributed by atoms with E-state index in [1.807, 2.05) is 0 Å². The first-order valence-electron chi connectivity index (χ1n) is 5.89. The van der Waals surface area contributed by atoms with Crippen LogP contribution in [-0.2, 0) is 21.2 Å². The molecule has 0 saturated heterocycles. The topological polar surface area (TPSA) is 101 Å². The largest absolute Gasteiger partial charge is 0.362 e.